The fraction of sp³-hybridized carbons (Fsp3) is 0.579. The van der Waals surface area contributed by atoms with E-state index in [1.54, 1.807) is 14.0 Å². The fourth-order valence-corrected chi connectivity index (χ4v) is 3.09. The molecule has 0 spiro atoms. The maximum Gasteiger partial charge on any atom is 0.219 e. The summed E-state index contributed by atoms with van der Waals surface area (Å²) in [4.78, 5) is 19.9. The molecule has 1 aliphatic rings. The highest BCUT2D eigenvalue weighted by molar-refractivity contribution is 14.0. The second-order valence-electron chi connectivity index (χ2n) is 6.32. The van der Waals surface area contributed by atoms with Gasteiger partial charge in [-0.15, -0.1) is 24.0 Å². The Bertz CT molecular complexity index is 585. The second kappa shape index (κ2) is 12.1. The van der Waals surface area contributed by atoms with Gasteiger partial charge in [-0.3, -0.25) is 14.7 Å². The van der Waals surface area contributed by atoms with Crippen LogP contribution in [0.5, 0.6) is 0 Å². The summed E-state index contributed by atoms with van der Waals surface area (Å²) < 4.78 is 0. The number of halogens is 1. The number of carbonyl (C=O) groups excluding carboxylic acids is 1. The molecule has 6 nitrogen and oxygen atoms in total. The van der Waals surface area contributed by atoms with Crippen molar-refractivity contribution < 1.29 is 4.79 Å². The molecule has 1 aliphatic heterocycles. The largest absolute Gasteiger partial charge is 0.355 e. The summed E-state index contributed by atoms with van der Waals surface area (Å²) in [6.07, 6.45) is 1.04. The van der Waals surface area contributed by atoms with Crippen LogP contribution in [0.25, 0.3) is 0 Å². The third-order valence-electron chi connectivity index (χ3n) is 4.71. The van der Waals surface area contributed by atoms with Crippen LogP contribution in [0.2, 0.25) is 0 Å². The average Bonchev–Trinajstić information content (AvgIpc) is 2.65. The maximum atomic E-state index is 11.4. The number of rotatable bonds is 6. The Morgan fingerprint density at radius 1 is 1.12 bits per heavy atom. The van der Waals surface area contributed by atoms with E-state index < -0.39 is 0 Å². The van der Waals surface area contributed by atoms with Crippen molar-refractivity contribution in [3.05, 3.63) is 35.4 Å². The van der Waals surface area contributed by atoms with Gasteiger partial charge in [-0.1, -0.05) is 31.2 Å². The minimum atomic E-state index is 0. The first-order chi connectivity index (χ1) is 12.1. The van der Waals surface area contributed by atoms with Gasteiger partial charge in [0.1, 0.15) is 0 Å². The number of nitrogens with one attached hydrogen (secondary N) is 2. The van der Waals surface area contributed by atoms with E-state index in [2.05, 4.69) is 51.7 Å². The number of benzene rings is 1. The zero-order valence-electron chi connectivity index (χ0n) is 16.1. The molecule has 1 aromatic rings. The lowest BCUT2D eigenvalue weighted by molar-refractivity contribution is -0.130. The maximum absolute atomic E-state index is 11.4. The molecule has 2 rings (SSSR count). The first-order valence-corrected chi connectivity index (χ1v) is 9.13. The molecule has 0 saturated carbocycles. The molecule has 0 radical (unpaired) electrons. The minimum absolute atomic E-state index is 0. The van der Waals surface area contributed by atoms with Crippen LogP contribution in [0.1, 0.15) is 25.0 Å². The number of aryl methyl sites for hydroxylation is 1. The van der Waals surface area contributed by atoms with E-state index in [-0.39, 0.29) is 29.9 Å². The van der Waals surface area contributed by atoms with Crippen molar-refractivity contribution in [3.63, 3.8) is 0 Å². The summed E-state index contributed by atoms with van der Waals surface area (Å²) in [7, 11) is 1.80. The molecule has 2 N–H and O–H groups in total. The highest BCUT2D eigenvalue weighted by atomic mass is 127. The van der Waals surface area contributed by atoms with Gasteiger partial charge in [-0.25, -0.2) is 0 Å². The van der Waals surface area contributed by atoms with Crippen LogP contribution in [-0.4, -0.2) is 68.0 Å². The highest BCUT2D eigenvalue weighted by Crippen LogP contribution is 2.08. The molecule has 1 amide bonds. The van der Waals surface area contributed by atoms with E-state index in [1.165, 1.54) is 11.1 Å². The van der Waals surface area contributed by atoms with Gasteiger partial charge in [0.25, 0.3) is 0 Å². The summed E-state index contributed by atoms with van der Waals surface area (Å²) in [6, 6.07) is 8.50. The SMILES string of the molecule is CCc1ccccc1CNC(=NC)NCCN1CCN(C(C)=O)CC1.I. The molecule has 1 saturated heterocycles. The Kier molecular flexibility index (Phi) is 10.6. The lowest BCUT2D eigenvalue weighted by Crippen LogP contribution is -2.50. The smallest absolute Gasteiger partial charge is 0.219 e. The number of nitrogens with zero attached hydrogens (tertiary/aromatic N) is 3. The number of carbonyl (C=O) groups is 1. The predicted octanol–water partition coefficient (Wildman–Crippen LogP) is 1.70. The van der Waals surface area contributed by atoms with Crippen molar-refractivity contribution in [2.75, 3.05) is 46.3 Å². The Morgan fingerprint density at radius 3 is 2.35 bits per heavy atom. The first kappa shape index (κ1) is 22.7. The van der Waals surface area contributed by atoms with Crippen LogP contribution in [0.15, 0.2) is 29.3 Å². The second-order valence-corrected chi connectivity index (χ2v) is 6.32. The molecule has 146 valence electrons. The molecule has 0 aliphatic carbocycles. The van der Waals surface area contributed by atoms with Gasteiger partial charge in [0.2, 0.25) is 5.91 Å². The highest BCUT2D eigenvalue weighted by Gasteiger charge is 2.17. The topological polar surface area (TPSA) is 60.0 Å². The molecule has 26 heavy (non-hydrogen) atoms. The Labute approximate surface area is 174 Å². The molecule has 0 aromatic heterocycles. The van der Waals surface area contributed by atoms with Gasteiger partial charge < -0.3 is 15.5 Å². The molecule has 7 heteroatoms. The third-order valence-corrected chi connectivity index (χ3v) is 4.71. The van der Waals surface area contributed by atoms with Crippen LogP contribution in [0, 0.1) is 0 Å². The number of hydrogen-bond donors (Lipinski definition) is 2. The van der Waals surface area contributed by atoms with Gasteiger partial charge in [0.15, 0.2) is 5.96 Å². The number of hydrogen-bond acceptors (Lipinski definition) is 3. The lowest BCUT2D eigenvalue weighted by atomic mass is 10.1. The van der Waals surface area contributed by atoms with E-state index in [4.69, 9.17) is 0 Å². The summed E-state index contributed by atoms with van der Waals surface area (Å²) >= 11 is 0. The van der Waals surface area contributed by atoms with Crippen molar-refractivity contribution >= 4 is 35.8 Å². The molecule has 1 heterocycles. The number of aliphatic imine (C=N–C) groups is 1. The number of piperazine rings is 1. The number of guanidine groups is 1. The van der Waals surface area contributed by atoms with Gasteiger partial charge in [0.05, 0.1) is 0 Å². The van der Waals surface area contributed by atoms with E-state index in [0.29, 0.717) is 0 Å². The molecule has 0 unspecified atom stereocenters. The van der Waals surface area contributed by atoms with Crippen molar-refractivity contribution in [1.82, 2.24) is 20.4 Å². The van der Waals surface area contributed by atoms with Crippen LogP contribution >= 0.6 is 24.0 Å². The quantitative estimate of drug-likeness (QED) is 0.375. The molecule has 0 bridgehead atoms. The van der Waals surface area contributed by atoms with E-state index in [9.17, 15) is 4.79 Å². The fourth-order valence-electron chi connectivity index (χ4n) is 3.09. The first-order valence-electron chi connectivity index (χ1n) is 9.13. The molecular formula is C19H32IN5O. The zero-order valence-corrected chi connectivity index (χ0v) is 18.5. The van der Waals surface area contributed by atoms with E-state index >= 15 is 0 Å². The summed E-state index contributed by atoms with van der Waals surface area (Å²) in [6.45, 7) is 9.94. The van der Waals surface area contributed by atoms with Crippen LogP contribution in [-0.2, 0) is 17.8 Å². The van der Waals surface area contributed by atoms with Crippen molar-refractivity contribution in [2.24, 2.45) is 4.99 Å². The molecular weight excluding hydrogens is 441 g/mol. The average molecular weight is 473 g/mol. The van der Waals surface area contributed by atoms with Crippen molar-refractivity contribution in [2.45, 2.75) is 26.8 Å². The van der Waals surface area contributed by atoms with Gasteiger partial charge >= 0.3 is 0 Å². The lowest BCUT2D eigenvalue weighted by Gasteiger charge is -2.34. The Hall–Kier alpha value is -1.35. The molecule has 0 atom stereocenters. The van der Waals surface area contributed by atoms with Gasteiger partial charge in [0, 0.05) is 59.8 Å². The minimum Gasteiger partial charge on any atom is -0.355 e. The van der Waals surface area contributed by atoms with Gasteiger partial charge in [-0.05, 0) is 17.5 Å². The normalized spacial score (nSPS) is 15.3. The summed E-state index contributed by atoms with van der Waals surface area (Å²) in [5, 5.41) is 6.76. The van der Waals surface area contributed by atoms with Crippen LogP contribution in [0.3, 0.4) is 0 Å². The van der Waals surface area contributed by atoms with Crippen molar-refractivity contribution in [1.29, 1.82) is 0 Å². The Morgan fingerprint density at radius 2 is 1.77 bits per heavy atom. The van der Waals surface area contributed by atoms with Crippen LogP contribution in [0.4, 0.5) is 0 Å². The van der Waals surface area contributed by atoms with E-state index in [0.717, 1.165) is 58.2 Å². The standard InChI is InChI=1S/C19H31N5O.HI/c1-4-17-7-5-6-8-18(17)15-22-19(20-3)21-9-10-23-11-13-24(14-12-23)16(2)25;/h5-8H,4,9-15H2,1-3H3,(H2,20,21,22);1H. The van der Waals surface area contributed by atoms with Gasteiger partial charge in [-0.2, -0.15) is 0 Å². The molecule has 1 aromatic carbocycles. The third kappa shape index (κ3) is 7.11. The molecule has 1 fully saturated rings. The summed E-state index contributed by atoms with van der Waals surface area (Å²) in [5.41, 5.74) is 2.68. The van der Waals surface area contributed by atoms with Crippen molar-refractivity contribution in [3.8, 4) is 0 Å². The monoisotopic (exact) mass is 473 g/mol. The zero-order chi connectivity index (χ0) is 18.1. The van der Waals surface area contributed by atoms with Crippen LogP contribution < -0.4 is 10.6 Å². The summed E-state index contributed by atoms with van der Waals surface area (Å²) in [5.74, 6) is 1.00. The number of amides is 1. The predicted molar refractivity (Wildman–Crippen MR) is 118 cm³/mol. The van der Waals surface area contributed by atoms with E-state index in [1.807, 2.05) is 4.90 Å². The Balaban J connectivity index is 0.00000338.